The van der Waals surface area contributed by atoms with Crippen LogP contribution in [-0.2, 0) is 6.42 Å². The number of H-pyrrole nitrogens is 1. The number of hydrogen-bond donors (Lipinski definition) is 3. The molecule has 118 valence electrons. The van der Waals surface area contributed by atoms with Crippen LogP contribution in [0.15, 0.2) is 36.7 Å². The van der Waals surface area contributed by atoms with Crippen molar-refractivity contribution in [3.63, 3.8) is 0 Å². The Morgan fingerprint density at radius 3 is 2.91 bits per heavy atom. The first-order valence-electron chi connectivity index (χ1n) is 7.16. The van der Waals surface area contributed by atoms with Crippen LogP contribution in [0.3, 0.4) is 0 Å². The van der Waals surface area contributed by atoms with Gasteiger partial charge in [0.1, 0.15) is 5.02 Å². The number of rotatable bonds is 6. The van der Waals surface area contributed by atoms with Gasteiger partial charge in [-0.05, 0) is 19.1 Å². The van der Waals surface area contributed by atoms with Crippen molar-refractivity contribution in [2.24, 2.45) is 0 Å². The largest absolute Gasteiger partial charge is 0.354 e. The molecular weight excluding hydrogens is 314 g/mol. The Morgan fingerprint density at radius 1 is 1.26 bits per heavy atom. The Morgan fingerprint density at radius 2 is 2.17 bits per heavy atom. The highest BCUT2D eigenvalue weighted by Crippen LogP contribution is 2.22. The first-order valence-corrected chi connectivity index (χ1v) is 7.54. The summed E-state index contributed by atoms with van der Waals surface area (Å²) in [5.41, 5.74) is 1.96. The number of aromatic nitrogens is 5. The summed E-state index contributed by atoms with van der Waals surface area (Å²) in [7, 11) is 0. The molecule has 0 fully saturated rings. The predicted octanol–water partition coefficient (Wildman–Crippen LogP) is 2.95. The molecule has 0 bridgehead atoms. The molecule has 0 spiro atoms. The van der Waals surface area contributed by atoms with Crippen molar-refractivity contribution in [3.8, 4) is 0 Å². The van der Waals surface area contributed by atoms with Crippen molar-refractivity contribution in [2.75, 3.05) is 17.2 Å². The van der Waals surface area contributed by atoms with Gasteiger partial charge in [0.2, 0.25) is 5.95 Å². The zero-order valence-corrected chi connectivity index (χ0v) is 13.3. The lowest BCUT2D eigenvalue weighted by Crippen LogP contribution is -2.09. The van der Waals surface area contributed by atoms with Crippen LogP contribution in [0.4, 0.5) is 17.6 Å². The normalized spacial score (nSPS) is 10.5. The molecule has 3 heterocycles. The molecule has 0 aromatic carbocycles. The van der Waals surface area contributed by atoms with Crippen LogP contribution in [0, 0.1) is 6.92 Å². The molecule has 3 N–H and O–H groups in total. The van der Waals surface area contributed by atoms with E-state index in [-0.39, 0.29) is 0 Å². The maximum Gasteiger partial charge on any atom is 0.224 e. The maximum atomic E-state index is 6.12. The number of nitrogens with zero attached hydrogens (tertiary/aromatic N) is 4. The van der Waals surface area contributed by atoms with E-state index in [9.17, 15) is 0 Å². The van der Waals surface area contributed by atoms with E-state index in [4.69, 9.17) is 11.6 Å². The summed E-state index contributed by atoms with van der Waals surface area (Å²) < 4.78 is 0. The lowest BCUT2D eigenvalue weighted by molar-refractivity contribution is 0.941. The fourth-order valence-electron chi connectivity index (χ4n) is 1.99. The summed E-state index contributed by atoms with van der Waals surface area (Å²) in [6.45, 7) is 2.60. The number of anilines is 3. The number of aryl methyl sites for hydroxylation is 1. The van der Waals surface area contributed by atoms with Crippen LogP contribution in [-0.4, -0.2) is 31.7 Å². The van der Waals surface area contributed by atoms with E-state index in [0.29, 0.717) is 29.2 Å². The van der Waals surface area contributed by atoms with Gasteiger partial charge in [-0.25, -0.2) is 4.98 Å². The zero-order valence-electron chi connectivity index (χ0n) is 12.5. The van der Waals surface area contributed by atoms with Gasteiger partial charge in [-0.2, -0.15) is 10.1 Å². The molecular formula is C15H16ClN7. The van der Waals surface area contributed by atoms with Gasteiger partial charge in [-0.15, -0.1) is 0 Å². The maximum absolute atomic E-state index is 6.12. The van der Waals surface area contributed by atoms with Crippen molar-refractivity contribution in [1.29, 1.82) is 0 Å². The topological polar surface area (TPSA) is 91.4 Å². The number of halogens is 1. The first-order chi connectivity index (χ1) is 11.2. The van der Waals surface area contributed by atoms with E-state index in [1.165, 1.54) is 0 Å². The molecule has 0 unspecified atom stereocenters. The molecule has 0 aliphatic carbocycles. The van der Waals surface area contributed by atoms with Gasteiger partial charge in [0.15, 0.2) is 11.6 Å². The fraction of sp³-hybridized carbons (Fsp3) is 0.200. The van der Waals surface area contributed by atoms with Gasteiger partial charge in [0, 0.05) is 36.6 Å². The monoisotopic (exact) mass is 329 g/mol. The molecule has 23 heavy (non-hydrogen) atoms. The van der Waals surface area contributed by atoms with Gasteiger partial charge in [-0.1, -0.05) is 17.7 Å². The summed E-state index contributed by atoms with van der Waals surface area (Å²) in [5, 5.41) is 13.6. The van der Waals surface area contributed by atoms with Crippen LogP contribution < -0.4 is 10.6 Å². The molecule has 8 heteroatoms. The molecule has 0 radical (unpaired) electrons. The molecule has 3 aromatic rings. The molecule has 0 aliphatic heterocycles. The van der Waals surface area contributed by atoms with E-state index in [1.807, 2.05) is 31.2 Å². The van der Waals surface area contributed by atoms with Crippen LogP contribution in [0.1, 0.15) is 11.4 Å². The van der Waals surface area contributed by atoms with E-state index in [0.717, 1.165) is 17.8 Å². The van der Waals surface area contributed by atoms with E-state index < -0.39 is 0 Å². The third kappa shape index (κ3) is 4.17. The average molecular weight is 330 g/mol. The van der Waals surface area contributed by atoms with Crippen LogP contribution >= 0.6 is 11.6 Å². The Bertz CT molecular complexity index is 773. The number of hydrogen-bond acceptors (Lipinski definition) is 6. The molecule has 3 aromatic heterocycles. The van der Waals surface area contributed by atoms with Gasteiger partial charge in [0.05, 0.1) is 6.20 Å². The van der Waals surface area contributed by atoms with Gasteiger partial charge >= 0.3 is 0 Å². The molecule has 0 saturated carbocycles. The Balaban J connectivity index is 1.63. The fourth-order valence-corrected chi connectivity index (χ4v) is 2.13. The molecule has 0 amide bonds. The van der Waals surface area contributed by atoms with Gasteiger partial charge in [0.25, 0.3) is 0 Å². The zero-order chi connectivity index (χ0) is 16.1. The van der Waals surface area contributed by atoms with Gasteiger partial charge < -0.3 is 10.6 Å². The van der Waals surface area contributed by atoms with Crippen LogP contribution in [0.5, 0.6) is 0 Å². The minimum atomic E-state index is 0.431. The minimum Gasteiger partial charge on any atom is -0.354 e. The molecule has 7 nitrogen and oxygen atoms in total. The number of nitrogens with one attached hydrogen (secondary N) is 3. The predicted molar refractivity (Wildman–Crippen MR) is 90.1 cm³/mol. The summed E-state index contributed by atoms with van der Waals surface area (Å²) in [4.78, 5) is 12.8. The minimum absolute atomic E-state index is 0.431. The standard InChI is InChI=1S/C15H16ClN7/c1-10-8-13(23-22-10)20-14-12(16)9-19-15(21-14)18-7-5-11-4-2-3-6-17-11/h2-4,6,8-9H,5,7H2,1H3,(H3,18,19,20,21,22,23). The van der Waals surface area contributed by atoms with Crippen molar-refractivity contribution >= 4 is 29.2 Å². The molecule has 0 aliphatic rings. The summed E-state index contributed by atoms with van der Waals surface area (Å²) in [6, 6.07) is 7.72. The second-order valence-corrected chi connectivity index (χ2v) is 5.36. The van der Waals surface area contributed by atoms with E-state index in [1.54, 1.807) is 12.4 Å². The lowest BCUT2D eigenvalue weighted by Gasteiger charge is -2.08. The third-order valence-electron chi connectivity index (χ3n) is 3.09. The highest BCUT2D eigenvalue weighted by molar-refractivity contribution is 6.32. The smallest absolute Gasteiger partial charge is 0.224 e. The molecule has 0 saturated heterocycles. The second kappa shape index (κ2) is 7.06. The van der Waals surface area contributed by atoms with E-state index in [2.05, 4.69) is 35.8 Å². The third-order valence-corrected chi connectivity index (χ3v) is 3.36. The average Bonchev–Trinajstić information content (AvgIpc) is 2.97. The van der Waals surface area contributed by atoms with Crippen molar-refractivity contribution < 1.29 is 0 Å². The van der Waals surface area contributed by atoms with Crippen molar-refractivity contribution in [2.45, 2.75) is 13.3 Å². The first kappa shape index (κ1) is 15.2. The molecule has 3 rings (SSSR count). The highest BCUT2D eigenvalue weighted by Gasteiger charge is 2.07. The van der Waals surface area contributed by atoms with E-state index >= 15 is 0 Å². The summed E-state index contributed by atoms with van der Waals surface area (Å²) in [6.07, 6.45) is 4.12. The lowest BCUT2D eigenvalue weighted by atomic mass is 10.3. The van der Waals surface area contributed by atoms with Crippen LogP contribution in [0.2, 0.25) is 5.02 Å². The quantitative estimate of drug-likeness (QED) is 0.644. The number of aromatic amines is 1. The van der Waals surface area contributed by atoms with Crippen LogP contribution in [0.25, 0.3) is 0 Å². The van der Waals surface area contributed by atoms with Crippen molar-refractivity contribution in [1.82, 2.24) is 25.1 Å². The SMILES string of the molecule is Cc1cc(Nc2nc(NCCc3ccccn3)ncc2Cl)n[nH]1. The highest BCUT2D eigenvalue weighted by atomic mass is 35.5. The number of pyridine rings is 1. The second-order valence-electron chi connectivity index (χ2n) is 4.95. The Labute approximate surface area is 138 Å². The van der Waals surface area contributed by atoms with Crippen molar-refractivity contribution in [3.05, 3.63) is 53.1 Å². The van der Waals surface area contributed by atoms with Gasteiger partial charge in [-0.3, -0.25) is 10.1 Å². The molecule has 0 atom stereocenters. The summed E-state index contributed by atoms with van der Waals surface area (Å²) in [5.74, 6) is 1.66. The Hall–Kier alpha value is -2.67. The summed E-state index contributed by atoms with van der Waals surface area (Å²) >= 11 is 6.12. The Kier molecular flexibility index (Phi) is 4.68.